The Morgan fingerprint density at radius 1 is 0.367 bits per heavy atom. The van der Waals surface area contributed by atoms with E-state index in [1.165, 1.54) is 122 Å². The summed E-state index contributed by atoms with van der Waals surface area (Å²) < 4.78 is 68.2. The van der Waals surface area contributed by atoms with E-state index in [0.717, 1.165) is 121 Å². The molecule has 0 spiro atoms. The highest BCUT2D eigenvalue weighted by Gasteiger charge is 2.30. The summed E-state index contributed by atoms with van der Waals surface area (Å²) in [5, 5.41) is 10.6. The molecular weight excluding hydrogens is 1190 g/mol. The van der Waals surface area contributed by atoms with Gasteiger partial charge in [0.2, 0.25) is 0 Å². The van der Waals surface area contributed by atoms with Crippen LogP contribution in [0.25, 0.3) is 0 Å². The molecule has 4 unspecified atom stereocenters. The number of phosphoric ester groups is 2. The van der Waals surface area contributed by atoms with Gasteiger partial charge in [-0.1, -0.05) is 278 Å². The average Bonchev–Trinajstić information content (AvgIpc) is 3.60. The highest BCUT2D eigenvalue weighted by atomic mass is 31.2. The van der Waals surface area contributed by atoms with Crippen LogP contribution >= 0.6 is 15.6 Å². The van der Waals surface area contributed by atoms with Crippen LogP contribution < -0.4 is 0 Å². The van der Waals surface area contributed by atoms with E-state index >= 15 is 0 Å². The maximum absolute atomic E-state index is 13.0. The lowest BCUT2D eigenvalue weighted by atomic mass is 9.99. The quantitative estimate of drug-likeness (QED) is 0.0169. The largest absolute Gasteiger partial charge is 0.472 e. The van der Waals surface area contributed by atoms with Crippen molar-refractivity contribution in [3.05, 3.63) is 24.3 Å². The van der Waals surface area contributed by atoms with Crippen LogP contribution in [0, 0.1) is 17.8 Å². The maximum atomic E-state index is 13.0. The topological polar surface area (TPSA) is 237 Å². The minimum atomic E-state index is -4.96. The SMILES string of the molecule is CCCCCC/C=C\C=C/CCCCCCCC(=O)O[C@H](COC(=O)CCCCCCCCC(C)C)COP(=O)(O)OC[C@H](O)COP(=O)(O)OC[C@@H](COC(=O)CCCCCCCCCCCCC(C)CC)OC(=O)CCCCCCCCCCC(C)CC. The molecule has 0 saturated carbocycles. The van der Waals surface area contributed by atoms with Gasteiger partial charge in [-0.15, -0.1) is 0 Å². The predicted molar refractivity (Wildman–Crippen MR) is 363 cm³/mol. The third-order valence-electron chi connectivity index (χ3n) is 16.5. The van der Waals surface area contributed by atoms with Crippen molar-refractivity contribution < 1.29 is 80.2 Å². The van der Waals surface area contributed by atoms with Gasteiger partial charge in [0.25, 0.3) is 0 Å². The van der Waals surface area contributed by atoms with Gasteiger partial charge in [0.15, 0.2) is 12.2 Å². The summed E-state index contributed by atoms with van der Waals surface area (Å²) >= 11 is 0. The number of aliphatic hydroxyl groups excluding tert-OH is 1. The average molecular weight is 1320 g/mol. The van der Waals surface area contributed by atoms with Crippen molar-refractivity contribution in [3.63, 3.8) is 0 Å². The van der Waals surface area contributed by atoms with Crippen molar-refractivity contribution in [2.24, 2.45) is 17.8 Å². The Kier molecular flexibility index (Phi) is 59.7. The number of rotatable bonds is 67. The van der Waals surface area contributed by atoms with E-state index in [2.05, 4.69) is 72.8 Å². The molecule has 0 aliphatic heterocycles. The Balaban J connectivity index is 5.28. The highest BCUT2D eigenvalue weighted by Crippen LogP contribution is 2.45. The molecule has 0 heterocycles. The lowest BCUT2D eigenvalue weighted by Crippen LogP contribution is -2.30. The van der Waals surface area contributed by atoms with Crippen LogP contribution in [0.5, 0.6) is 0 Å². The molecule has 0 aliphatic carbocycles. The Morgan fingerprint density at radius 2 is 0.656 bits per heavy atom. The highest BCUT2D eigenvalue weighted by molar-refractivity contribution is 7.47. The molecule has 0 rings (SSSR count). The molecule has 3 N–H and O–H groups in total. The number of allylic oxidation sites excluding steroid dienone is 4. The summed E-state index contributed by atoms with van der Waals surface area (Å²) in [4.78, 5) is 72.5. The van der Waals surface area contributed by atoms with Crippen LogP contribution in [0.2, 0.25) is 0 Å². The molecule has 0 aromatic rings. The fraction of sp³-hybridized carbons (Fsp3) is 0.887. The molecule has 0 aromatic heterocycles. The number of ether oxygens (including phenoxy) is 4. The minimum absolute atomic E-state index is 0.0834. The van der Waals surface area contributed by atoms with E-state index in [9.17, 15) is 43.2 Å². The molecule has 0 fully saturated rings. The van der Waals surface area contributed by atoms with E-state index in [0.29, 0.717) is 31.6 Å². The number of phosphoric acid groups is 2. The number of esters is 4. The first-order valence-corrected chi connectivity index (χ1v) is 39.2. The van der Waals surface area contributed by atoms with Gasteiger partial charge in [-0.25, -0.2) is 9.13 Å². The Hall–Kier alpha value is -2.46. The molecule has 90 heavy (non-hydrogen) atoms. The second-order valence-electron chi connectivity index (χ2n) is 25.9. The van der Waals surface area contributed by atoms with Gasteiger partial charge in [-0.3, -0.25) is 37.3 Å². The van der Waals surface area contributed by atoms with Gasteiger partial charge in [0.1, 0.15) is 19.3 Å². The molecule has 0 bridgehead atoms. The van der Waals surface area contributed by atoms with Gasteiger partial charge in [-0.05, 0) is 69.1 Å². The van der Waals surface area contributed by atoms with Crippen molar-refractivity contribution in [2.75, 3.05) is 39.6 Å². The predicted octanol–water partition coefficient (Wildman–Crippen LogP) is 19.8. The molecule has 0 aliphatic rings. The first kappa shape index (κ1) is 87.5. The second kappa shape index (κ2) is 61.4. The molecule has 0 radical (unpaired) electrons. The van der Waals surface area contributed by atoms with Gasteiger partial charge >= 0.3 is 39.5 Å². The Labute approximate surface area is 548 Å². The summed E-state index contributed by atoms with van der Waals surface area (Å²) in [6.07, 6.45) is 48.0. The van der Waals surface area contributed by atoms with Gasteiger partial charge in [-0.2, -0.15) is 0 Å². The fourth-order valence-electron chi connectivity index (χ4n) is 10.1. The molecule has 19 heteroatoms. The minimum Gasteiger partial charge on any atom is -0.462 e. The summed E-state index contributed by atoms with van der Waals surface area (Å²) in [7, 11) is -9.92. The van der Waals surface area contributed by atoms with Crippen LogP contribution in [0.3, 0.4) is 0 Å². The number of hydrogen-bond acceptors (Lipinski definition) is 15. The first-order valence-electron chi connectivity index (χ1n) is 36.2. The van der Waals surface area contributed by atoms with Crippen molar-refractivity contribution in [2.45, 2.75) is 349 Å². The zero-order chi connectivity index (χ0) is 66.6. The molecule has 0 aromatic carbocycles. The normalized spacial score (nSPS) is 15.0. The van der Waals surface area contributed by atoms with Crippen LogP contribution in [0.1, 0.15) is 331 Å². The van der Waals surface area contributed by atoms with E-state index < -0.39 is 97.5 Å². The number of aliphatic hydroxyl groups is 1. The van der Waals surface area contributed by atoms with Crippen molar-refractivity contribution in [1.29, 1.82) is 0 Å². The lowest BCUT2D eigenvalue weighted by Gasteiger charge is -2.21. The smallest absolute Gasteiger partial charge is 0.462 e. The standard InChI is InChI=1S/C71H134O17P2/c1-8-11-12-13-14-15-16-17-18-19-20-25-31-40-47-54-70(75)87-67(59-82-69(74)53-46-39-34-33-35-42-49-62(4)5)61-86-90(79,80)84-57-65(72)56-83-89(77,78)85-60-66(88-71(76)55-48-41-32-27-26-29-37-44-51-64(7)10-3)58-81-68(73)52-45-38-30-24-22-21-23-28-36-43-50-63(6)9-2/h15-18,62-67,72H,8-14,19-61H2,1-7H3,(H,77,78)(H,79,80)/b16-15-,18-17-/t63?,64?,65-,66-,67-/m1/s1. The maximum Gasteiger partial charge on any atom is 0.472 e. The summed E-state index contributed by atoms with van der Waals surface area (Å²) in [6.45, 7) is 11.7. The summed E-state index contributed by atoms with van der Waals surface area (Å²) in [5.41, 5.74) is 0. The van der Waals surface area contributed by atoms with E-state index in [-0.39, 0.29) is 25.7 Å². The monoisotopic (exact) mass is 1320 g/mol. The number of hydrogen-bond donors (Lipinski definition) is 3. The Morgan fingerprint density at radius 3 is 0.989 bits per heavy atom. The third-order valence-corrected chi connectivity index (χ3v) is 18.4. The Bertz CT molecular complexity index is 1860. The molecule has 0 saturated heterocycles. The van der Waals surface area contributed by atoms with E-state index in [1.54, 1.807) is 0 Å². The third kappa shape index (κ3) is 61.7. The van der Waals surface area contributed by atoms with Gasteiger partial charge in [0, 0.05) is 25.7 Å². The van der Waals surface area contributed by atoms with Crippen LogP contribution in [-0.4, -0.2) is 96.7 Å². The van der Waals surface area contributed by atoms with Crippen molar-refractivity contribution in [3.8, 4) is 0 Å². The van der Waals surface area contributed by atoms with E-state index in [4.69, 9.17) is 37.0 Å². The number of carbonyl (C=O) groups is 4. The van der Waals surface area contributed by atoms with Crippen molar-refractivity contribution >= 4 is 39.5 Å². The molecule has 530 valence electrons. The van der Waals surface area contributed by atoms with Crippen LogP contribution in [0.15, 0.2) is 24.3 Å². The summed E-state index contributed by atoms with van der Waals surface area (Å²) in [6, 6.07) is 0. The summed E-state index contributed by atoms with van der Waals surface area (Å²) in [5.74, 6) is 0.0927. The van der Waals surface area contributed by atoms with Crippen molar-refractivity contribution in [1.82, 2.24) is 0 Å². The first-order chi connectivity index (χ1) is 43.3. The molecule has 7 atom stereocenters. The van der Waals surface area contributed by atoms with Crippen LogP contribution in [0.4, 0.5) is 0 Å². The molecule has 0 amide bonds. The van der Waals surface area contributed by atoms with Gasteiger partial charge < -0.3 is 33.8 Å². The van der Waals surface area contributed by atoms with E-state index in [1.807, 2.05) is 0 Å². The zero-order valence-electron chi connectivity index (χ0n) is 58.1. The molecular formula is C71H134O17P2. The number of unbranched alkanes of at least 4 members (excludes halogenated alkanes) is 30. The lowest BCUT2D eigenvalue weighted by molar-refractivity contribution is -0.161. The molecule has 17 nitrogen and oxygen atoms in total. The number of carbonyl (C=O) groups excluding carboxylic acids is 4. The zero-order valence-corrected chi connectivity index (χ0v) is 59.9. The van der Waals surface area contributed by atoms with Crippen LogP contribution in [-0.2, 0) is 65.4 Å². The van der Waals surface area contributed by atoms with Gasteiger partial charge in [0.05, 0.1) is 26.4 Å². The second-order valence-corrected chi connectivity index (χ2v) is 28.8. The fourth-order valence-corrected chi connectivity index (χ4v) is 11.7.